The molecule has 0 fully saturated rings. The number of nitrogens with one attached hydrogen (secondary N) is 1. The zero-order valence-electron chi connectivity index (χ0n) is 10.1. The third kappa shape index (κ3) is 1.86. The van der Waals surface area contributed by atoms with E-state index in [-0.39, 0.29) is 17.2 Å². The van der Waals surface area contributed by atoms with E-state index in [9.17, 15) is 9.59 Å². The molecule has 5 nitrogen and oxygen atoms in total. The van der Waals surface area contributed by atoms with Gasteiger partial charge in [0, 0.05) is 11.7 Å². The van der Waals surface area contributed by atoms with E-state index in [2.05, 4.69) is 0 Å². The Kier molecular flexibility index (Phi) is 3.02. The number of nitrogens with zero attached hydrogens (tertiary/aromatic N) is 1. The van der Waals surface area contributed by atoms with Crippen LogP contribution in [0.3, 0.4) is 0 Å². The predicted octanol–water partition coefficient (Wildman–Crippen LogP) is 0.521. The topological polar surface area (TPSA) is 77.1 Å². The number of aryl methyl sites for hydroxylation is 1. The zero-order valence-corrected chi connectivity index (χ0v) is 10.1. The highest BCUT2D eigenvalue weighted by Gasteiger charge is 2.22. The maximum absolute atomic E-state index is 12.2. The van der Waals surface area contributed by atoms with Gasteiger partial charge in [0.25, 0.3) is 11.5 Å². The Morgan fingerprint density at radius 2 is 2.18 bits per heavy atom. The number of fused-ring (bicyclic) bond motifs is 1. The molecule has 1 aliphatic carbocycles. The van der Waals surface area contributed by atoms with E-state index in [1.54, 1.807) is 10.6 Å². The van der Waals surface area contributed by atoms with Gasteiger partial charge >= 0.3 is 0 Å². The van der Waals surface area contributed by atoms with Gasteiger partial charge in [0.1, 0.15) is 5.56 Å². The van der Waals surface area contributed by atoms with Crippen molar-refractivity contribution in [3.63, 3.8) is 0 Å². The Balaban J connectivity index is 2.69. The summed E-state index contributed by atoms with van der Waals surface area (Å²) >= 11 is 0. The van der Waals surface area contributed by atoms with Crippen LogP contribution in [0.2, 0.25) is 0 Å². The molecule has 0 unspecified atom stereocenters. The minimum atomic E-state index is -0.515. The van der Waals surface area contributed by atoms with Crippen molar-refractivity contribution in [1.82, 2.24) is 9.99 Å². The van der Waals surface area contributed by atoms with Gasteiger partial charge in [0.05, 0.1) is 0 Å². The number of pyridine rings is 1. The van der Waals surface area contributed by atoms with Crippen molar-refractivity contribution in [2.24, 2.45) is 5.84 Å². The van der Waals surface area contributed by atoms with Crippen molar-refractivity contribution < 1.29 is 4.79 Å². The molecule has 1 aromatic rings. The Hall–Kier alpha value is -1.62. The van der Waals surface area contributed by atoms with Crippen molar-refractivity contribution in [2.45, 2.75) is 39.2 Å². The van der Waals surface area contributed by atoms with Crippen LogP contribution >= 0.6 is 0 Å². The lowest BCUT2D eigenvalue weighted by Crippen LogP contribution is -2.38. The second kappa shape index (κ2) is 4.33. The molecule has 17 heavy (non-hydrogen) atoms. The standard InChI is InChI=1S/C12H17N3O2/c1-7(2)15-10-5-3-4-8(10)6-9(12(15)17)11(16)14-13/h6-7H,3-5,13H2,1-2H3,(H,14,16). The quantitative estimate of drug-likeness (QED) is 0.446. The van der Waals surface area contributed by atoms with Crippen LogP contribution in [0.15, 0.2) is 10.9 Å². The largest absolute Gasteiger partial charge is 0.309 e. The van der Waals surface area contributed by atoms with E-state index in [1.807, 2.05) is 19.3 Å². The molecule has 0 aliphatic heterocycles. The van der Waals surface area contributed by atoms with Crippen LogP contribution in [0, 0.1) is 0 Å². The Labute approximate surface area is 99.6 Å². The Morgan fingerprint density at radius 1 is 1.47 bits per heavy atom. The normalized spacial score (nSPS) is 13.9. The summed E-state index contributed by atoms with van der Waals surface area (Å²) < 4.78 is 1.72. The van der Waals surface area contributed by atoms with E-state index in [0.29, 0.717) is 0 Å². The van der Waals surface area contributed by atoms with Crippen molar-refractivity contribution >= 4 is 5.91 Å². The van der Waals surface area contributed by atoms with Crippen LogP contribution in [0.1, 0.15) is 47.9 Å². The van der Waals surface area contributed by atoms with E-state index in [1.165, 1.54) is 0 Å². The summed E-state index contributed by atoms with van der Waals surface area (Å²) in [5, 5.41) is 0. The molecular weight excluding hydrogens is 218 g/mol. The van der Waals surface area contributed by atoms with E-state index < -0.39 is 5.91 Å². The number of carbonyl (C=O) groups excluding carboxylic acids is 1. The van der Waals surface area contributed by atoms with Crippen LogP contribution in [-0.4, -0.2) is 10.5 Å². The molecule has 3 N–H and O–H groups in total. The number of hydrogen-bond donors (Lipinski definition) is 2. The third-order valence-electron chi connectivity index (χ3n) is 3.18. The maximum Gasteiger partial charge on any atom is 0.270 e. The van der Waals surface area contributed by atoms with Gasteiger partial charge < -0.3 is 4.57 Å². The molecule has 1 amide bonds. The van der Waals surface area contributed by atoms with Crippen LogP contribution in [-0.2, 0) is 12.8 Å². The summed E-state index contributed by atoms with van der Waals surface area (Å²) in [6, 6.07) is 1.74. The zero-order chi connectivity index (χ0) is 12.6. The van der Waals surface area contributed by atoms with Gasteiger partial charge in [-0.05, 0) is 44.7 Å². The van der Waals surface area contributed by atoms with Crippen LogP contribution in [0.4, 0.5) is 0 Å². The van der Waals surface area contributed by atoms with Gasteiger partial charge in [-0.3, -0.25) is 15.0 Å². The number of nitrogens with two attached hydrogens (primary N) is 1. The summed E-state index contributed by atoms with van der Waals surface area (Å²) in [5.41, 5.74) is 4.08. The highest BCUT2D eigenvalue weighted by Crippen LogP contribution is 2.23. The number of nitrogen functional groups attached to an aromatic ring is 1. The lowest BCUT2D eigenvalue weighted by Gasteiger charge is -2.17. The number of hydrogen-bond acceptors (Lipinski definition) is 3. The maximum atomic E-state index is 12.2. The van der Waals surface area contributed by atoms with Gasteiger partial charge in [-0.15, -0.1) is 0 Å². The lowest BCUT2D eigenvalue weighted by molar-refractivity contribution is 0.0951. The number of aromatic nitrogens is 1. The van der Waals surface area contributed by atoms with Crippen molar-refractivity contribution in [3.05, 3.63) is 33.2 Å². The lowest BCUT2D eigenvalue weighted by atomic mass is 10.1. The number of carbonyl (C=O) groups is 1. The average Bonchev–Trinajstić information content (AvgIpc) is 2.73. The molecule has 0 radical (unpaired) electrons. The molecule has 0 saturated heterocycles. The fourth-order valence-corrected chi connectivity index (χ4v) is 2.46. The minimum Gasteiger partial charge on any atom is -0.309 e. The van der Waals surface area contributed by atoms with Gasteiger partial charge in [0.15, 0.2) is 0 Å². The second-order valence-electron chi connectivity index (χ2n) is 4.63. The van der Waals surface area contributed by atoms with Gasteiger partial charge in [0.2, 0.25) is 0 Å². The molecule has 1 aliphatic rings. The van der Waals surface area contributed by atoms with E-state index in [0.717, 1.165) is 30.5 Å². The minimum absolute atomic E-state index is 0.0554. The Bertz CT molecular complexity index is 517. The van der Waals surface area contributed by atoms with Crippen LogP contribution < -0.4 is 16.8 Å². The first-order valence-corrected chi connectivity index (χ1v) is 5.84. The molecular formula is C12H17N3O2. The highest BCUT2D eigenvalue weighted by atomic mass is 16.2. The molecule has 5 heteroatoms. The van der Waals surface area contributed by atoms with Gasteiger partial charge in [-0.1, -0.05) is 0 Å². The fourth-order valence-electron chi connectivity index (χ4n) is 2.46. The molecule has 0 spiro atoms. The Morgan fingerprint density at radius 3 is 2.76 bits per heavy atom. The summed E-state index contributed by atoms with van der Waals surface area (Å²) in [6.07, 6.45) is 2.87. The first-order valence-electron chi connectivity index (χ1n) is 5.84. The van der Waals surface area contributed by atoms with Crippen LogP contribution in [0.5, 0.6) is 0 Å². The molecule has 2 rings (SSSR count). The monoisotopic (exact) mass is 235 g/mol. The second-order valence-corrected chi connectivity index (χ2v) is 4.63. The van der Waals surface area contributed by atoms with Gasteiger partial charge in [-0.25, -0.2) is 5.84 Å². The number of rotatable bonds is 2. The van der Waals surface area contributed by atoms with E-state index in [4.69, 9.17) is 5.84 Å². The first kappa shape index (κ1) is 11.9. The molecule has 0 aromatic carbocycles. The summed E-state index contributed by atoms with van der Waals surface area (Å²) in [4.78, 5) is 23.8. The fraction of sp³-hybridized carbons (Fsp3) is 0.500. The molecule has 92 valence electrons. The molecule has 0 saturated carbocycles. The third-order valence-corrected chi connectivity index (χ3v) is 3.18. The molecule has 0 bridgehead atoms. The van der Waals surface area contributed by atoms with E-state index >= 15 is 0 Å². The smallest absolute Gasteiger partial charge is 0.270 e. The SMILES string of the molecule is CC(C)n1c2c(cc(C(=O)NN)c1=O)CCC2. The summed E-state index contributed by atoms with van der Waals surface area (Å²) in [5.74, 6) is 4.58. The summed E-state index contributed by atoms with van der Waals surface area (Å²) in [7, 11) is 0. The number of amides is 1. The average molecular weight is 235 g/mol. The van der Waals surface area contributed by atoms with Crippen molar-refractivity contribution in [2.75, 3.05) is 0 Å². The molecule has 1 aromatic heterocycles. The first-order chi connectivity index (χ1) is 8.06. The number of hydrazine groups is 1. The van der Waals surface area contributed by atoms with Crippen molar-refractivity contribution in [3.8, 4) is 0 Å². The molecule has 0 atom stereocenters. The van der Waals surface area contributed by atoms with Gasteiger partial charge in [-0.2, -0.15) is 0 Å². The van der Waals surface area contributed by atoms with Crippen LogP contribution in [0.25, 0.3) is 0 Å². The summed E-state index contributed by atoms with van der Waals surface area (Å²) in [6.45, 7) is 3.90. The van der Waals surface area contributed by atoms with Crippen molar-refractivity contribution in [1.29, 1.82) is 0 Å². The molecule has 1 heterocycles. The predicted molar refractivity (Wildman–Crippen MR) is 64.8 cm³/mol. The highest BCUT2D eigenvalue weighted by molar-refractivity contribution is 5.93.